The molecule has 1 unspecified atom stereocenters. The standard InChI is InChI=1S/C15H16N2O2S/c1-19-12-5-7-20-14(12)13(16)10-3-2-9-4-6-17-15(18)11(9)8-10/h2-3,5,7-8,13H,4,6,16H2,1H3,(H,17,18). The van der Waals surface area contributed by atoms with Crippen LogP contribution in [0.25, 0.3) is 0 Å². The SMILES string of the molecule is COc1ccsc1C(N)c1ccc2c(c1)C(=O)NCC2. The Kier molecular flexibility index (Phi) is 3.46. The fourth-order valence-corrected chi connectivity index (χ4v) is 3.37. The Bertz CT molecular complexity index is 651. The number of methoxy groups -OCH3 is 1. The highest BCUT2D eigenvalue weighted by Gasteiger charge is 2.21. The molecule has 2 aromatic rings. The van der Waals surface area contributed by atoms with E-state index >= 15 is 0 Å². The molecule has 2 heterocycles. The fraction of sp³-hybridized carbons (Fsp3) is 0.267. The fourth-order valence-electron chi connectivity index (χ4n) is 2.48. The Labute approximate surface area is 121 Å². The Morgan fingerprint density at radius 2 is 2.25 bits per heavy atom. The molecule has 1 amide bonds. The first kappa shape index (κ1) is 13.1. The minimum absolute atomic E-state index is 0.0153. The number of fused-ring (bicyclic) bond motifs is 1. The highest BCUT2D eigenvalue weighted by molar-refractivity contribution is 7.10. The predicted molar refractivity (Wildman–Crippen MR) is 79.4 cm³/mol. The van der Waals surface area contributed by atoms with Crippen LogP contribution in [0.1, 0.15) is 32.4 Å². The molecule has 1 aliphatic heterocycles. The number of amides is 1. The van der Waals surface area contributed by atoms with E-state index in [4.69, 9.17) is 10.5 Å². The lowest BCUT2D eigenvalue weighted by atomic mass is 9.95. The van der Waals surface area contributed by atoms with E-state index in [2.05, 4.69) is 5.32 Å². The van der Waals surface area contributed by atoms with Crippen molar-refractivity contribution in [1.29, 1.82) is 0 Å². The Morgan fingerprint density at radius 1 is 1.40 bits per heavy atom. The summed E-state index contributed by atoms with van der Waals surface area (Å²) in [5.74, 6) is 0.781. The van der Waals surface area contributed by atoms with E-state index in [-0.39, 0.29) is 11.9 Å². The van der Waals surface area contributed by atoms with E-state index in [1.807, 2.05) is 29.6 Å². The maximum atomic E-state index is 11.9. The molecule has 3 N–H and O–H groups in total. The smallest absolute Gasteiger partial charge is 0.251 e. The summed E-state index contributed by atoms with van der Waals surface area (Å²) in [7, 11) is 1.64. The molecule has 0 aliphatic carbocycles. The number of hydrogen-bond acceptors (Lipinski definition) is 4. The van der Waals surface area contributed by atoms with Crippen LogP contribution in [-0.4, -0.2) is 19.6 Å². The largest absolute Gasteiger partial charge is 0.496 e. The lowest BCUT2D eigenvalue weighted by molar-refractivity contribution is 0.0946. The third-order valence-corrected chi connectivity index (χ3v) is 4.56. The molecule has 1 aromatic carbocycles. The van der Waals surface area contributed by atoms with Crippen molar-refractivity contribution in [2.45, 2.75) is 12.5 Å². The molecule has 0 saturated heterocycles. The number of nitrogens with two attached hydrogens (primary N) is 1. The molecule has 4 nitrogen and oxygen atoms in total. The van der Waals surface area contributed by atoms with Gasteiger partial charge in [-0.05, 0) is 35.1 Å². The summed E-state index contributed by atoms with van der Waals surface area (Å²) in [5, 5.41) is 4.82. The highest BCUT2D eigenvalue weighted by atomic mass is 32.1. The normalized spacial score (nSPS) is 15.4. The lowest BCUT2D eigenvalue weighted by Crippen LogP contribution is -2.32. The van der Waals surface area contributed by atoms with Gasteiger partial charge in [-0.2, -0.15) is 0 Å². The first-order chi connectivity index (χ1) is 9.70. The van der Waals surface area contributed by atoms with Gasteiger partial charge in [-0.25, -0.2) is 0 Å². The van der Waals surface area contributed by atoms with Crippen LogP contribution in [0.15, 0.2) is 29.6 Å². The first-order valence-electron chi connectivity index (χ1n) is 6.48. The molecule has 104 valence electrons. The summed E-state index contributed by atoms with van der Waals surface area (Å²) in [6, 6.07) is 7.54. The second kappa shape index (κ2) is 5.26. The van der Waals surface area contributed by atoms with Crippen molar-refractivity contribution in [3.8, 4) is 5.75 Å². The van der Waals surface area contributed by atoms with Gasteiger partial charge < -0.3 is 15.8 Å². The van der Waals surface area contributed by atoms with Gasteiger partial charge in [0.15, 0.2) is 0 Å². The van der Waals surface area contributed by atoms with Gasteiger partial charge >= 0.3 is 0 Å². The molecule has 3 rings (SSSR count). The molecular weight excluding hydrogens is 272 g/mol. The van der Waals surface area contributed by atoms with E-state index < -0.39 is 0 Å². The number of rotatable bonds is 3. The minimum Gasteiger partial charge on any atom is -0.496 e. The Hall–Kier alpha value is -1.85. The van der Waals surface area contributed by atoms with Gasteiger partial charge in [0.05, 0.1) is 18.0 Å². The molecule has 5 heteroatoms. The number of thiophene rings is 1. The number of ether oxygens (including phenoxy) is 1. The van der Waals surface area contributed by atoms with Crippen LogP contribution in [0.3, 0.4) is 0 Å². The summed E-state index contributed by atoms with van der Waals surface area (Å²) in [6.45, 7) is 0.704. The van der Waals surface area contributed by atoms with Gasteiger partial charge in [-0.1, -0.05) is 12.1 Å². The molecule has 0 saturated carbocycles. The second-order valence-electron chi connectivity index (χ2n) is 4.75. The summed E-state index contributed by atoms with van der Waals surface area (Å²) >= 11 is 1.56. The van der Waals surface area contributed by atoms with E-state index in [1.54, 1.807) is 18.4 Å². The van der Waals surface area contributed by atoms with Crippen molar-refractivity contribution in [1.82, 2.24) is 5.32 Å². The molecule has 1 atom stereocenters. The third-order valence-electron chi connectivity index (χ3n) is 3.58. The first-order valence-corrected chi connectivity index (χ1v) is 7.36. The van der Waals surface area contributed by atoms with Crippen LogP contribution in [-0.2, 0) is 6.42 Å². The summed E-state index contributed by atoms with van der Waals surface area (Å²) in [6.07, 6.45) is 0.874. The van der Waals surface area contributed by atoms with Crippen LogP contribution in [0.2, 0.25) is 0 Å². The number of carbonyl (C=O) groups is 1. The highest BCUT2D eigenvalue weighted by Crippen LogP contribution is 2.34. The van der Waals surface area contributed by atoms with Gasteiger partial charge in [0.2, 0.25) is 0 Å². The lowest BCUT2D eigenvalue weighted by Gasteiger charge is -2.19. The molecule has 0 fully saturated rings. The van der Waals surface area contributed by atoms with Crippen LogP contribution < -0.4 is 15.8 Å². The van der Waals surface area contributed by atoms with E-state index in [1.165, 1.54) is 0 Å². The van der Waals surface area contributed by atoms with Crippen LogP contribution >= 0.6 is 11.3 Å². The van der Waals surface area contributed by atoms with Crippen molar-refractivity contribution in [3.63, 3.8) is 0 Å². The number of nitrogens with one attached hydrogen (secondary N) is 1. The van der Waals surface area contributed by atoms with Gasteiger partial charge in [-0.3, -0.25) is 4.79 Å². The predicted octanol–water partition coefficient (Wildman–Crippen LogP) is 2.09. The van der Waals surface area contributed by atoms with Crippen molar-refractivity contribution in [2.24, 2.45) is 5.73 Å². The van der Waals surface area contributed by atoms with E-state index in [0.29, 0.717) is 6.54 Å². The van der Waals surface area contributed by atoms with Crippen molar-refractivity contribution >= 4 is 17.2 Å². The second-order valence-corrected chi connectivity index (χ2v) is 5.70. The minimum atomic E-state index is -0.273. The molecule has 0 spiro atoms. The van der Waals surface area contributed by atoms with Gasteiger partial charge in [0.1, 0.15) is 5.75 Å². The maximum Gasteiger partial charge on any atom is 0.251 e. The zero-order valence-corrected chi connectivity index (χ0v) is 12.0. The molecular formula is C15H16N2O2S. The number of carbonyl (C=O) groups excluding carboxylic acids is 1. The average molecular weight is 288 g/mol. The van der Waals surface area contributed by atoms with Crippen molar-refractivity contribution in [3.05, 3.63) is 51.2 Å². The third kappa shape index (κ3) is 2.19. The molecule has 0 bridgehead atoms. The monoisotopic (exact) mass is 288 g/mol. The number of benzene rings is 1. The Morgan fingerprint density at radius 3 is 3.05 bits per heavy atom. The molecule has 1 aromatic heterocycles. The quantitative estimate of drug-likeness (QED) is 0.909. The molecule has 0 radical (unpaired) electrons. The zero-order chi connectivity index (χ0) is 14.1. The zero-order valence-electron chi connectivity index (χ0n) is 11.2. The van der Waals surface area contributed by atoms with E-state index in [9.17, 15) is 4.79 Å². The summed E-state index contributed by atoms with van der Waals surface area (Å²) in [4.78, 5) is 12.9. The Balaban J connectivity index is 1.98. The van der Waals surface area contributed by atoms with Crippen LogP contribution in [0.4, 0.5) is 0 Å². The summed E-state index contributed by atoms with van der Waals surface area (Å²) < 4.78 is 5.31. The van der Waals surface area contributed by atoms with Crippen molar-refractivity contribution in [2.75, 3.05) is 13.7 Å². The average Bonchev–Trinajstić information content (AvgIpc) is 2.95. The van der Waals surface area contributed by atoms with Gasteiger partial charge in [0.25, 0.3) is 5.91 Å². The summed E-state index contributed by atoms with van der Waals surface area (Å²) in [5.41, 5.74) is 9.07. The van der Waals surface area contributed by atoms with Gasteiger partial charge in [0, 0.05) is 12.1 Å². The number of hydrogen-bond donors (Lipinski definition) is 2. The van der Waals surface area contributed by atoms with Crippen LogP contribution in [0.5, 0.6) is 5.75 Å². The maximum absolute atomic E-state index is 11.9. The molecule has 1 aliphatic rings. The topological polar surface area (TPSA) is 64.3 Å². The van der Waals surface area contributed by atoms with E-state index in [0.717, 1.165) is 33.7 Å². The van der Waals surface area contributed by atoms with Crippen LogP contribution in [0, 0.1) is 0 Å². The van der Waals surface area contributed by atoms with Crippen molar-refractivity contribution < 1.29 is 9.53 Å². The van der Waals surface area contributed by atoms with Gasteiger partial charge in [-0.15, -0.1) is 11.3 Å². The molecule has 20 heavy (non-hydrogen) atoms.